The predicted octanol–water partition coefficient (Wildman–Crippen LogP) is 1.71. The van der Waals surface area contributed by atoms with Crippen LogP contribution in [0.2, 0.25) is 0 Å². The lowest BCUT2D eigenvalue weighted by molar-refractivity contribution is -0.141. The largest absolute Gasteiger partial charge is 0.495 e. The topological polar surface area (TPSA) is 113 Å². The minimum atomic E-state index is -3.84. The smallest absolute Gasteiger partial charge is 0.308 e. The molecule has 1 unspecified atom stereocenters. The van der Waals surface area contributed by atoms with Gasteiger partial charge in [-0.1, -0.05) is 19.8 Å². The maximum atomic E-state index is 12.8. The van der Waals surface area contributed by atoms with E-state index in [9.17, 15) is 18.0 Å². The molecule has 0 radical (unpaired) electrons. The molecular formula is C18H26N2O6S. The normalized spacial score (nSPS) is 16.1. The molecule has 0 heterocycles. The van der Waals surface area contributed by atoms with E-state index < -0.39 is 27.8 Å². The predicted molar refractivity (Wildman–Crippen MR) is 99.3 cm³/mol. The van der Waals surface area contributed by atoms with E-state index in [0.717, 1.165) is 25.7 Å². The van der Waals surface area contributed by atoms with Crippen molar-refractivity contribution in [3.63, 3.8) is 0 Å². The van der Waals surface area contributed by atoms with Gasteiger partial charge in [0.25, 0.3) is 5.91 Å². The number of nitrogens with one attached hydrogen (secondary N) is 1. The zero-order chi connectivity index (χ0) is 20.2. The molecule has 150 valence electrons. The molecule has 1 fully saturated rings. The minimum Gasteiger partial charge on any atom is -0.495 e. The molecule has 27 heavy (non-hydrogen) atoms. The Morgan fingerprint density at radius 2 is 1.96 bits per heavy atom. The zero-order valence-electron chi connectivity index (χ0n) is 15.8. The van der Waals surface area contributed by atoms with Crippen molar-refractivity contribution in [3.05, 3.63) is 23.8 Å². The average molecular weight is 398 g/mol. The molecule has 0 aliphatic heterocycles. The molecule has 0 aromatic heterocycles. The first-order valence-electron chi connectivity index (χ1n) is 8.84. The molecule has 1 aromatic carbocycles. The molecular weight excluding hydrogens is 372 g/mol. The third-order valence-electron chi connectivity index (χ3n) is 4.69. The van der Waals surface area contributed by atoms with E-state index in [1.807, 2.05) is 0 Å². The van der Waals surface area contributed by atoms with Crippen LogP contribution in [0.1, 0.15) is 43.0 Å². The first kappa shape index (κ1) is 21.2. The van der Waals surface area contributed by atoms with Gasteiger partial charge >= 0.3 is 5.97 Å². The van der Waals surface area contributed by atoms with Crippen LogP contribution in [0.3, 0.4) is 0 Å². The fourth-order valence-electron chi connectivity index (χ4n) is 3.14. The zero-order valence-corrected chi connectivity index (χ0v) is 16.6. The number of hydrogen-bond acceptors (Lipinski definition) is 5. The molecule has 1 aliphatic rings. The quantitative estimate of drug-likeness (QED) is 0.689. The van der Waals surface area contributed by atoms with Crippen molar-refractivity contribution in [3.8, 4) is 5.75 Å². The van der Waals surface area contributed by atoms with Gasteiger partial charge in [0.15, 0.2) is 0 Å². The van der Waals surface area contributed by atoms with Gasteiger partial charge in [-0.3, -0.25) is 9.59 Å². The van der Waals surface area contributed by atoms with Crippen LogP contribution in [-0.4, -0.2) is 57.0 Å². The molecule has 9 heteroatoms. The summed E-state index contributed by atoms with van der Waals surface area (Å²) in [5, 5.41) is 9.00. The second-order valence-electron chi connectivity index (χ2n) is 6.89. The highest BCUT2D eigenvalue weighted by atomic mass is 32.2. The van der Waals surface area contributed by atoms with E-state index in [0.29, 0.717) is 0 Å². The van der Waals surface area contributed by atoms with Crippen LogP contribution in [0, 0.1) is 5.92 Å². The van der Waals surface area contributed by atoms with Crippen LogP contribution in [-0.2, 0) is 14.8 Å². The van der Waals surface area contributed by atoms with Gasteiger partial charge in [-0.15, -0.1) is 0 Å². The number of benzene rings is 1. The van der Waals surface area contributed by atoms with E-state index in [1.165, 1.54) is 44.2 Å². The molecule has 0 saturated heterocycles. The molecule has 1 atom stereocenters. The van der Waals surface area contributed by atoms with Crippen molar-refractivity contribution >= 4 is 21.9 Å². The second-order valence-corrected chi connectivity index (χ2v) is 8.58. The first-order chi connectivity index (χ1) is 12.7. The van der Waals surface area contributed by atoms with Gasteiger partial charge in [-0.05, 0) is 31.0 Å². The lowest BCUT2D eigenvalue weighted by atomic mass is 10.1. The van der Waals surface area contributed by atoms with Crippen molar-refractivity contribution in [2.24, 2.45) is 5.92 Å². The molecule has 2 N–H and O–H groups in total. The lowest BCUT2D eigenvalue weighted by Gasteiger charge is -2.20. The second kappa shape index (κ2) is 8.71. The monoisotopic (exact) mass is 398 g/mol. The van der Waals surface area contributed by atoms with Crippen LogP contribution < -0.4 is 9.46 Å². The van der Waals surface area contributed by atoms with Crippen LogP contribution in [0.4, 0.5) is 0 Å². The SMILES string of the molecule is COc1ccc(C(=O)N(C)CC(C)C(=O)O)cc1S(=O)(=O)NC1CCCC1. The van der Waals surface area contributed by atoms with Crippen molar-refractivity contribution in [1.82, 2.24) is 9.62 Å². The van der Waals surface area contributed by atoms with Gasteiger partial charge in [-0.2, -0.15) is 0 Å². The summed E-state index contributed by atoms with van der Waals surface area (Å²) in [6, 6.07) is 4.07. The van der Waals surface area contributed by atoms with Crippen molar-refractivity contribution in [2.45, 2.75) is 43.5 Å². The fraction of sp³-hybridized carbons (Fsp3) is 0.556. The van der Waals surface area contributed by atoms with Gasteiger partial charge in [0.05, 0.1) is 13.0 Å². The lowest BCUT2D eigenvalue weighted by Crippen LogP contribution is -2.34. The number of aliphatic carboxylic acids is 1. The Labute approximate surface area is 159 Å². The number of hydrogen-bond donors (Lipinski definition) is 2. The number of methoxy groups -OCH3 is 1. The van der Waals surface area contributed by atoms with Crippen LogP contribution >= 0.6 is 0 Å². The van der Waals surface area contributed by atoms with E-state index in [-0.39, 0.29) is 28.8 Å². The maximum absolute atomic E-state index is 12.8. The highest BCUT2D eigenvalue weighted by molar-refractivity contribution is 7.89. The summed E-state index contributed by atoms with van der Waals surface area (Å²) in [7, 11) is -0.994. The molecule has 1 aromatic rings. The summed E-state index contributed by atoms with van der Waals surface area (Å²) >= 11 is 0. The number of carbonyl (C=O) groups is 2. The molecule has 1 amide bonds. The van der Waals surface area contributed by atoms with E-state index in [1.54, 1.807) is 0 Å². The number of nitrogens with zero attached hydrogens (tertiary/aromatic N) is 1. The number of carboxylic acids is 1. The summed E-state index contributed by atoms with van der Waals surface area (Å²) in [5.74, 6) is -2.04. The van der Waals surface area contributed by atoms with E-state index in [4.69, 9.17) is 9.84 Å². The average Bonchev–Trinajstić information content (AvgIpc) is 3.12. The number of amides is 1. The number of carbonyl (C=O) groups excluding carboxylic acids is 1. The summed E-state index contributed by atoms with van der Waals surface area (Å²) in [6.45, 7) is 1.52. The van der Waals surface area contributed by atoms with Gasteiger partial charge in [0.2, 0.25) is 10.0 Å². The van der Waals surface area contributed by atoms with Crippen molar-refractivity contribution < 1.29 is 27.9 Å². The number of sulfonamides is 1. The molecule has 1 saturated carbocycles. The van der Waals surface area contributed by atoms with Crippen LogP contribution in [0.25, 0.3) is 0 Å². The van der Waals surface area contributed by atoms with Crippen molar-refractivity contribution in [1.29, 1.82) is 0 Å². The van der Waals surface area contributed by atoms with Gasteiger partial charge in [0, 0.05) is 25.2 Å². The summed E-state index contributed by atoms with van der Waals surface area (Å²) < 4.78 is 33.4. The molecule has 2 rings (SSSR count). The number of carboxylic acid groups (broad SMARTS) is 1. The number of rotatable bonds is 8. The van der Waals surface area contributed by atoms with Gasteiger partial charge in [-0.25, -0.2) is 13.1 Å². The highest BCUT2D eigenvalue weighted by Crippen LogP contribution is 2.27. The maximum Gasteiger partial charge on any atom is 0.308 e. The molecule has 0 bridgehead atoms. The Morgan fingerprint density at radius 3 is 2.52 bits per heavy atom. The summed E-state index contributed by atoms with van der Waals surface area (Å²) in [6.07, 6.45) is 3.54. The van der Waals surface area contributed by atoms with Crippen LogP contribution in [0.5, 0.6) is 5.75 Å². The molecule has 0 spiro atoms. The van der Waals surface area contributed by atoms with E-state index in [2.05, 4.69) is 4.72 Å². The number of ether oxygens (including phenoxy) is 1. The van der Waals surface area contributed by atoms with Gasteiger partial charge < -0.3 is 14.7 Å². The summed E-state index contributed by atoms with van der Waals surface area (Å²) in [5.41, 5.74) is 0.155. The highest BCUT2D eigenvalue weighted by Gasteiger charge is 2.27. The Balaban J connectivity index is 2.28. The third-order valence-corrected chi connectivity index (χ3v) is 6.23. The van der Waals surface area contributed by atoms with Crippen molar-refractivity contribution in [2.75, 3.05) is 20.7 Å². The Bertz CT molecular complexity index is 802. The Morgan fingerprint density at radius 1 is 1.33 bits per heavy atom. The molecule has 1 aliphatic carbocycles. The van der Waals surface area contributed by atoms with Gasteiger partial charge in [0.1, 0.15) is 10.6 Å². The Hall–Kier alpha value is -2.13. The van der Waals surface area contributed by atoms with Crippen LogP contribution in [0.15, 0.2) is 23.1 Å². The third kappa shape index (κ3) is 5.20. The fourth-order valence-corrected chi connectivity index (χ4v) is 4.64. The molecule has 8 nitrogen and oxygen atoms in total. The standard InChI is InChI=1S/C18H26N2O6S/c1-12(18(22)23)11-20(2)17(21)13-8-9-15(26-3)16(10-13)27(24,25)19-14-6-4-5-7-14/h8-10,12,14,19H,4-7,11H2,1-3H3,(H,22,23). The minimum absolute atomic E-state index is 0.0165. The summed E-state index contributed by atoms with van der Waals surface area (Å²) in [4.78, 5) is 24.8. The van der Waals surface area contributed by atoms with E-state index >= 15 is 0 Å². The Kier molecular flexibility index (Phi) is 6.83. The first-order valence-corrected chi connectivity index (χ1v) is 10.3.